The molecule has 1 aliphatic heterocycles. The Kier molecular flexibility index (Phi) is 7.23. The Labute approximate surface area is 176 Å². The smallest absolute Gasteiger partial charge is 0.224 e. The van der Waals surface area contributed by atoms with Gasteiger partial charge in [-0.25, -0.2) is 13.6 Å². The van der Waals surface area contributed by atoms with Crippen molar-refractivity contribution in [1.82, 2.24) is 15.2 Å². The van der Waals surface area contributed by atoms with Gasteiger partial charge in [-0.05, 0) is 55.8 Å². The van der Waals surface area contributed by atoms with Gasteiger partial charge in [0.2, 0.25) is 15.9 Å². The summed E-state index contributed by atoms with van der Waals surface area (Å²) in [6.45, 7) is 1.73. The van der Waals surface area contributed by atoms with Gasteiger partial charge in [-0.1, -0.05) is 29.8 Å². The first-order chi connectivity index (χ1) is 13.8. The Morgan fingerprint density at radius 2 is 2.00 bits per heavy atom. The van der Waals surface area contributed by atoms with Gasteiger partial charge in [0.1, 0.15) is 0 Å². The summed E-state index contributed by atoms with van der Waals surface area (Å²) in [5.41, 5.74) is 1.61. The van der Waals surface area contributed by atoms with Crippen molar-refractivity contribution < 1.29 is 13.2 Å². The molecule has 0 spiro atoms. The first kappa shape index (κ1) is 21.7. The van der Waals surface area contributed by atoms with E-state index in [2.05, 4.69) is 10.3 Å². The van der Waals surface area contributed by atoms with Crippen molar-refractivity contribution in [2.45, 2.75) is 18.9 Å². The van der Waals surface area contributed by atoms with Crippen LogP contribution in [0.1, 0.15) is 30.1 Å². The van der Waals surface area contributed by atoms with Crippen LogP contribution >= 0.6 is 11.6 Å². The normalized spacial score (nSPS) is 17.0. The number of carbonyl (C=O) groups excluding carboxylic acids is 1. The molecule has 7 nitrogen and oxygen atoms in total. The lowest BCUT2D eigenvalue weighted by molar-refractivity contribution is -0.127. The molecule has 1 aliphatic rings. The lowest BCUT2D eigenvalue weighted by atomic mass is 9.94. The molecule has 2 heterocycles. The van der Waals surface area contributed by atoms with Gasteiger partial charge >= 0.3 is 0 Å². The SMILES string of the molecule is NS(=O)(=O)CCN1CCC(C(=O)NC(c2cccc(Cl)c2)c2ccccn2)CC1. The van der Waals surface area contributed by atoms with Crippen molar-refractivity contribution in [3.8, 4) is 0 Å². The fourth-order valence-electron chi connectivity index (χ4n) is 3.50. The summed E-state index contributed by atoms with van der Waals surface area (Å²) in [6, 6.07) is 12.6. The van der Waals surface area contributed by atoms with Gasteiger partial charge in [0.05, 0.1) is 17.5 Å². The standard InChI is InChI=1S/C20H25ClN4O3S/c21-17-5-3-4-16(14-17)19(18-6-1-2-9-23-18)24-20(26)15-7-10-25(11-8-15)12-13-29(22,27)28/h1-6,9,14-15,19H,7-8,10-13H2,(H,24,26)(H2,22,27,28). The van der Waals surface area contributed by atoms with Gasteiger partial charge in [-0.15, -0.1) is 0 Å². The van der Waals surface area contributed by atoms with Crippen molar-refractivity contribution in [2.75, 3.05) is 25.4 Å². The predicted molar refractivity (Wildman–Crippen MR) is 113 cm³/mol. The van der Waals surface area contributed by atoms with Gasteiger partial charge in [0, 0.05) is 23.7 Å². The third-order valence-corrected chi connectivity index (χ3v) is 6.09. The summed E-state index contributed by atoms with van der Waals surface area (Å²) in [6.07, 6.45) is 3.03. The van der Waals surface area contributed by atoms with Crippen molar-refractivity contribution in [3.05, 3.63) is 64.9 Å². The Balaban J connectivity index is 1.65. The number of piperidine rings is 1. The second-order valence-electron chi connectivity index (χ2n) is 7.23. The quantitative estimate of drug-likeness (QED) is 0.690. The molecular weight excluding hydrogens is 412 g/mol. The summed E-state index contributed by atoms with van der Waals surface area (Å²) in [5, 5.41) is 8.79. The molecule has 1 atom stereocenters. The number of nitrogens with zero attached hydrogens (tertiary/aromatic N) is 2. The molecule has 156 valence electrons. The minimum atomic E-state index is -3.47. The molecule has 1 saturated heterocycles. The molecule has 2 aromatic rings. The Hall–Kier alpha value is -2.00. The molecule has 0 bridgehead atoms. The largest absolute Gasteiger partial charge is 0.343 e. The van der Waals surface area contributed by atoms with E-state index in [-0.39, 0.29) is 23.6 Å². The van der Waals surface area contributed by atoms with Gasteiger partial charge in [-0.3, -0.25) is 9.78 Å². The number of sulfonamides is 1. The number of primary sulfonamides is 1. The Morgan fingerprint density at radius 3 is 2.62 bits per heavy atom. The maximum atomic E-state index is 13.0. The number of nitrogens with one attached hydrogen (secondary N) is 1. The van der Waals surface area contributed by atoms with E-state index in [0.29, 0.717) is 37.5 Å². The zero-order chi connectivity index (χ0) is 20.9. The molecule has 29 heavy (non-hydrogen) atoms. The molecule has 0 aliphatic carbocycles. The van der Waals surface area contributed by atoms with Gasteiger partial charge in [0.15, 0.2) is 0 Å². The average Bonchev–Trinajstić information content (AvgIpc) is 2.71. The molecule has 0 saturated carbocycles. The van der Waals surface area contributed by atoms with E-state index in [1.807, 2.05) is 41.3 Å². The minimum absolute atomic E-state index is 0.0354. The van der Waals surface area contributed by atoms with Crippen molar-refractivity contribution >= 4 is 27.5 Å². The Morgan fingerprint density at radius 1 is 1.24 bits per heavy atom. The third-order valence-electron chi connectivity index (χ3n) is 5.10. The molecule has 3 rings (SSSR count). The number of pyridine rings is 1. The van der Waals surface area contributed by atoms with Crippen LogP contribution in [0.2, 0.25) is 5.02 Å². The second kappa shape index (κ2) is 9.67. The third kappa shape index (κ3) is 6.50. The summed E-state index contributed by atoms with van der Waals surface area (Å²) in [4.78, 5) is 19.4. The first-order valence-corrected chi connectivity index (χ1v) is 11.6. The highest BCUT2D eigenvalue weighted by Crippen LogP contribution is 2.25. The fourth-order valence-corrected chi connectivity index (χ4v) is 4.21. The second-order valence-corrected chi connectivity index (χ2v) is 9.40. The number of hydrogen-bond donors (Lipinski definition) is 2. The maximum Gasteiger partial charge on any atom is 0.224 e. The molecule has 1 amide bonds. The maximum absolute atomic E-state index is 13.0. The van der Waals surface area contributed by atoms with Crippen molar-refractivity contribution in [1.29, 1.82) is 0 Å². The highest BCUT2D eigenvalue weighted by molar-refractivity contribution is 7.89. The number of amides is 1. The zero-order valence-corrected chi connectivity index (χ0v) is 17.6. The first-order valence-electron chi connectivity index (χ1n) is 9.51. The van der Waals surface area contributed by atoms with Crippen LogP contribution in [0.4, 0.5) is 0 Å². The molecule has 0 radical (unpaired) electrons. The number of hydrogen-bond acceptors (Lipinski definition) is 5. The number of carbonyl (C=O) groups is 1. The van der Waals surface area contributed by atoms with Crippen LogP contribution in [-0.2, 0) is 14.8 Å². The molecule has 1 fully saturated rings. The van der Waals surface area contributed by atoms with Crippen LogP contribution in [0.5, 0.6) is 0 Å². The summed E-state index contributed by atoms with van der Waals surface area (Å²) in [5.74, 6) is -0.238. The van der Waals surface area contributed by atoms with Crippen molar-refractivity contribution in [3.63, 3.8) is 0 Å². The lowest BCUT2D eigenvalue weighted by Crippen LogP contribution is -2.43. The highest BCUT2D eigenvalue weighted by atomic mass is 35.5. The van der Waals surface area contributed by atoms with E-state index in [1.165, 1.54) is 0 Å². The number of nitrogens with two attached hydrogens (primary N) is 1. The molecular formula is C20H25ClN4O3S. The van der Waals surface area contributed by atoms with E-state index < -0.39 is 10.0 Å². The monoisotopic (exact) mass is 436 g/mol. The molecule has 1 unspecified atom stereocenters. The van der Waals surface area contributed by atoms with Gasteiger partial charge in [-0.2, -0.15) is 0 Å². The minimum Gasteiger partial charge on any atom is -0.343 e. The molecule has 3 N–H and O–H groups in total. The van der Waals surface area contributed by atoms with E-state index in [9.17, 15) is 13.2 Å². The number of benzene rings is 1. The van der Waals surface area contributed by atoms with Gasteiger partial charge < -0.3 is 10.2 Å². The van der Waals surface area contributed by atoms with Crippen molar-refractivity contribution in [2.24, 2.45) is 11.1 Å². The lowest BCUT2D eigenvalue weighted by Gasteiger charge is -2.32. The van der Waals surface area contributed by atoms with E-state index in [4.69, 9.17) is 16.7 Å². The summed E-state index contributed by atoms with van der Waals surface area (Å²) in [7, 11) is -3.47. The topological polar surface area (TPSA) is 105 Å². The van der Waals surface area contributed by atoms with Crippen LogP contribution in [0.3, 0.4) is 0 Å². The van der Waals surface area contributed by atoms with Crippen LogP contribution in [0.15, 0.2) is 48.7 Å². The van der Waals surface area contributed by atoms with E-state index >= 15 is 0 Å². The van der Waals surface area contributed by atoms with E-state index in [0.717, 1.165) is 11.3 Å². The fraction of sp³-hybridized carbons (Fsp3) is 0.400. The predicted octanol–water partition coefficient (Wildman–Crippen LogP) is 1.94. The van der Waals surface area contributed by atoms with Crippen LogP contribution in [0.25, 0.3) is 0 Å². The van der Waals surface area contributed by atoms with E-state index in [1.54, 1.807) is 12.3 Å². The average molecular weight is 437 g/mol. The number of aromatic nitrogens is 1. The highest BCUT2D eigenvalue weighted by Gasteiger charge is 2.28. The Bertz CT molecular complexity index is 932. The summed E-state index contributed by atoms with van der Waals surface area (Å²) < 4.78 is 22.3. The number of likely N-dealkylation sites (tertiary alicyclic amines) is 1. The zero-order valence-electron chi connectivity index (χ0n) is 16.0. The van der Waals surface area contributed by atoms with Crippen LogP contribution < -0.4 is 10.5 Å². The van der Waals surface area contributed by atoms with Crippen LogP contribution in [0, 0.1) is 5.92 Å². The van der Waals surface area contributed by atoms with Gasteiger partial charge in [0.25, 0.3) is 0 Å². The molecule has 1 aromatic carbocycles. The number of rotatable bonds is 7. The summed E-state index contributed by atoms with van der Waals surface area (Å²) >= 11 is 6.15. The molecule has 9 heteroatoms. The number of halogens is 1. The van der Waals surface area contributed by atoms with Crippen LogP contribution in [-0.4, -0.2) is 49.6 Å². The molecule has 1 aromatic heterocycles.